The van der Waals surface area contributed by atoms with Crippen molar-refractivity contribution in [1.82, 2.24) is 10.2 Å². The fraction of sp³-hybridized carbons (Fsp3) is 0.867. The van der Waals surface area contributed by atoms with E-state index in [4.69, 9.17) is 9.84 Å². The van der Waals surface area contributed by atoms with Crippen molar-refractivity contribution < 1.29 is 19.4 Å². The minimum absolute atomic E-state index is 0.0477. The van der Waals surface area contributed by atoms with Gasteiger partial charge in [-0.2, -0.15) is 0 Å². The zero-order valence-electron chi connectivity index (χ0n) is 12.7. The Bertz CT molecular complexity index is 367. The Morgan fingerprint density at radius 2 is 2.00 bits per heavy atom. The molecule has 6 heteroatoms. The number of carboxylic acids is 1. The maximum absolute atomic E-state index is 12.5. The Kier molecular flexibility index (Phi) is 5.99. The van der Waals surface area contributed by atoms with Crippen molar-refractivity contribution in [2.75, 3.05) is 26.2 Å². The van der Waals surface area contributed by atoms with Crippen LogP contribution in [0.4, 0.5) is 0 Å². The first kappa shape index (κ1) is 16.2. The largest absolute Gasteiger partial charge is 0.481 e. The van der Waals surface area contributed by atoms with E-state index in [2.05, 4.69) is 12.2 Å². The third-order valence-electron chi connectivity index (χ3n) is 4.40. The van der Waals surface area contributed by atoms with E-state index in [9.17, 15) is 9.59 Å². The third kappa shape index (κ3) is 4.97. The van der Waals surface area contributed by atoms with Gasteiger partial charge in [-0.1, -0.05) is 0 Å². The maximum Gasteiger partial charge on any atom is 0.305 e. The molecular formula is C15H26N2O4. The summed E-state index contributed by atoms with van der Waals surface area (Å²) < 4.78 is 5.56. The number of hydrogen-bond donors (Lipinski definition) is 2. The smallest absolute Gasteiger partial charge is 0.305 e. The monoisotopic (exact) mass is 298 g/mol. The number of piperidine rings is 2. The highest BCUT2D eigenvalue weighted by Gasteiger charge is 2.31. The van der Waals surface area contributed by atoms with E-state index in [0.29, 0.717) is 6.04 Å². The van der Waals surface area contributed by atoms with Crippen LogP contribution in [-0.4, -0.2) is 60.3 Å². The van der Waals surface area contributed by atoms with E-state index >= 15 is 0 Å². The van der Waals surface area contributed by atoms with Crippen molar-refractivity contribution in [3.63, 3.8) is 0 Å². The molecular weight excluding hydrogens is 272 g/mol. The average molecular weight is 298 g/mol. The number of carbonyl (C=O) groups is 2. The number of rotatable bonds is 5. The fourth-order valence-electron chi connectivity index (χ4n) is 3.17. The second-order valence-corrected chi connectivity index (χ2v) is 6.12. The van der Waals surface area contributed by atoms with Gasteiger partial charge in [-0.15, -0.1) is 0 Å². The molecule has 0 saturated carbocycles. The number of nitrogens with one attached hydrogen (secondary N) is 1. The lowest BCUT2D eigenvalue weighted by atomic mass is 9.91. The number of amides is 1. The fourth-order valence-corrected chi connectivity index (χ4v) is 3.17. The highest BCUT2D eigenvalue weighted by Crippen LogP contribution is 2.22. The summed E-state index contributed by atoms with van der Waals surface area (Å²) in [6.07, 6.45) is 3.62. The normalized spacial score (nSPS) is 27.6. The molecule has 0 radical (unpaired) electrons. The van der Waals surface area contributed by atoms with E-state index in [-0.39, 0.29) is 31.0 Å². The first-order valence-corrected chi connectivity index (χ1v) is 7.92. The summed E-state index contributed by atoms with van der Waals surface area (Å²) in [5.41, 5.74) is 0. The molecule has 2 unspecified atom stereocenters. The Labute approximate surface area is 125 Å². The van der Waals surface area contributed by atoms with Crippen molar-refractivity contribution in [2.24, 2.45) is 5.92 Å². The van der Waals surface area contributed by atoms with Gasteiger partial charge in [0.05, 0.1) is 19.1 Å². The molecule has 0 aromatic rings. The van der Waals surface area contributed by atoms with Gasteiger partial charge in [-0.3, -0.25) is 9.59 Å². The topological polar surface area (TPSA) is 78.9 Å². The van der Waals surface area contributed by atoms with Gasteiger partial charge in [-0.25, -0.2) is 0 Å². The van der Waals surface area contributed by atoms with Crippen LogP contribution < -0.4 is 5.32 Å². The van der Waals surface area contributed by atoms with Crippen LogP contribution in [0.3, 0.4) is 0 Å². The molecule has 0 bridgehead atoms. The van der Waals surface area contributed by atoms with Gasteiger partial charge >= 0.3 is 5.97 Å². The Balaban J connectivity index is 1.70. The van der Waals surface area contributed by atoms with E-state index < -0.39 is 5.97 Å². The minimum Gasteiger partial charge on any atom is -0.481 e. The Morgan fingerprint density at radius 3 is 2.62 bits per heavy atom. The molecule has 120 valence electrons. The minimum atomic E-state index is -0.831. The number of carboxylic acid groups (broad SMARTS) is 1. The Morgan fingerprint density at radius 1 is 1.29 bits per heavy atom. The lowest BCUT2D eigenvalue weighted by Crippen LogP contribution is -2.47. The van der Waals surface area contributed by atoms with Gasteiger partial charge in [0.2, 0.25) is 5.91 Å². The molecule has 2 heterocycles. The van der Waals surface area contributed by atoms with Gasteiger partial charge in [0.15, 0.2) is 0 Å². The summed E-state index contributed by atoms with van der Waals surface area (Å²) in [7, 11) is 0. The molecule has 2 saturated heterocycles. The Hall–Kier alpha value is -1.14. The van der Waals surface area contributed by atoms with Gasteiger partial charge in [0.25, 0.3) is 0 Å². The standard InChI is InChI=1S/C15H26N2O4/c1-11-10-12(2-6-16-11)15(20)17-7-3-13(4-8-17)21-9-5-14(18)19/h11-13,16H,2-10H2,1H3,(H,18,19). The number of hydrogen-bond acceptors (Lipinski definition) is 4. The number of carbonyl (C=O) groups excluding carboxylic acids is 1. The van der Waals surface area contributed by atoms with Gasteiger partial charge in [-0.05, 0) is 39.2 Å². The molecule has 0 aromatic heterocycles. The second kappa shape index (κ2) is 7.75. The summed E-state index contributed by atoms with van der Waals surface area (Å²) in [6.45, 7) is 4.78. The lowest BCUT2D eigenvalue weighted by Gasteiger charge is -2.36. The predicted octanol–water partition coefficient (Wildman–Crippen LogP) is 0.857. The zero-order valence-corrected chi connectivity index (χ0v) is 12.7. The van der Waals surface area contributed by atoms with E-state index in [0.717, 1.165) is 45.3 Å². The van der Waals surface area contributed by atoms with E-state index in [1.807, 2.05) is 4.90 Å². The van der Waals surface area contributed by atoms with Gasteiger partial charge < -0.3 is 20.1 Å². The third-order valence-corrected chi connectivity index (χ3v) is 4.40. The summed E-state index contributed by atoms with van der Waals surface area (Å²) in [5, 5.41) is 12.0. The lowest BCUT2D eigenvalue weighted by molar-refractivity contribution is -0.140. The van der Waals surface area contributed by atoms with Crippen molar-refractivity contribution in [3.05, 3.63) is 0 Å². The second-order valence-electron chi connectivity index (χ2n) is 6.12. The highest BCUT2D eigenvalue weighted by molar-refractivity contribution is 5.79. The van der Waals surface area contributed by atoms with Crippen LogP contribution in [0.1, 0.15) is 39.0 Å². The SMILES string of the molecule is CC1CC(C(=O)N2CCC(OCCC(=O)O)CC2)CCN1. The van der Waals surface area contributed by atoms with Crippen molar-refractivity contribution in [3.8, 4) is 0 Å². The van der Waals surface area contributed by atoms with Crippen LogP contribution in [0.2, 0.25) is 0 Å². The summed E-state index contributed by atoms with van der Waals surface area (Å²) in [6, 6.07) is 0.421. The van der Waals surface area contributed by atoms with Crippen LogP contribution in [0.5, 0.6) is 0 Å². The average Bonchev–Trinajstić information content (AvgIpc) is 2.47. The zero-order chi connectivity index (χ0) is 15.2. The molecule has 0 aliphatic carbocycles. The van der Waals surface area contributed by atoms with Crippen LogP contribution in [0, 0.1) is 5.92 Å². The van der Waals surface area contributed by atoms with Gasteiger partial charge in [0.1, 0.15) is 0 Å². The molecule has 2 atom stereocenters. The molecule has 0 spiro atoms. The number of aliphatic carboxylic acids is 1. The van der Waals surface area contributed by atoms with E-state index in [1.165, 1.54) is 0 Å². The molecule has 0 aromatic carbocycles. The van der Waals surface area contributed by atoms with Crippen LogP contribution in [0.25, 0.3) is 0 Å². The van der Waals surface area contributed by atoms with E-state index in [1.54, 1.807) is 0 Å². The van der Waals surface area contributed by atoms with Crippen molar-refractivity contribution in [1.29, 1.82) is 0 Å². The summed E-state index contributed by atoms with van der Waals surface area (Å²) in [5.74, 6) is -0.388. The maximum atomic E-state index is 12.5. The van der Waals surface area contributed by atoms with Gasteiger partial charge in [0, 0.05) is 25.0 Å². The predicted molar refractivity (Wildman–Crippen MR) is 78.0 cm³/mol. The molecule has 6 nitrogen and oxygen atoms in total. The molecule has 1 amide bonds. The molecule has 2 fully saturated rings. The quantitative estimate of drug-likeness (QED) is 0.787. The molecule has 2 aliphatic heterocycles. The first-order chi connectivity index (χ1) is 10.1. The number of likely N-dealkylation sites (tertiary alicyclic amines) is 1. The van der Waals surface area contributed by atoms with Crippen LogP contribution in [0.15, 0.2) is 0 Å². The first-order valence-electron chi connectivity index (χ1n) is 7.92. The summed E-state index contributed by atoms with van der Waals surface area (Å²) in [4.78, 5) is 24.9. The summed E-state index contributed by atoms with van der Waals surface area (Å²) >= 11 is 0. The molecule has 2 N–H and O–H groups in total. The number of nitrogens with zero attached hydrogens (tertiary/aromatic N) is 1. The molecule has 2 rings (SSSR count). The van der Waals surface area contributed by atoms with Crippen molar-refractivity contribution in [2.45, 2.75) is 51.2 Å². The van der Waals surface area contributed by atoms with Crippen LogP contribution >= 0.6 is 0 Å². The number of ether oxygens (including phenoxy) is 1. The molecule has 2 aliphatic rings. The highest BCUT2D eigenvalue weighted by atomic mass is 16.5. The van der Waals surface area contributed by atoms with Crippen molar-refractivity contribution >= 4 is 11.9 Å². The molecule has 21 heavy (non-hydrogen) atoms. The van der Waals surface area contributed by atoms with Crippen LogP contribution in [-0.2, 0) is 14.3 Å².